The normalized spacial score (nSPS) is 14.8. The molecule has 1 fully saturated rings. The van der Waals surface area contributed by atoms with Crippen LogP contribution in [0.2, 0.25) is 0 Å². The fraction of sp³-hybridized carbons (Fsp3) is 0.308. The van der Waals surface area contributed by atoms with E-state index in [1.807, 2.05) is 6.92 Å². The summed E-state index contributed by atoms with van der Waals surface area (Å²) in [5, 5.41) is 0. The van der Waals surface area contributed by atoms with Crippen molar-refractivity contribution in [2.45, 2.75) is 25.7 Å². The summed E-state index contributed by atoms with van der Waals surface area (Å²) in [5.41, 5.74) is 7.30. The van der Waals surface area contributed by atoms with E-state index in [1.165, 1.54) is 12.1 Å². The summed E-state index contributed by atoms with van der Waals surface area (Å²) >= 11 is 0. The smallest absolute Gasteiger partial charge is 0.223 e. The van der Waals surface area contributed by atoms with Gasteiger partial charge in [0.15, 0.2) is 5.82 Å². The molecule has 0 radical (unpaired) electrons. The molecular formula is C13H13FN4. The van der Waals surface area contributed by atoms with Crippen molar-refractivity contribution in [3.63, 3.8) is 0 Å². The predicted molar refractivity (Wildman–Crippen MR) is 66.3 cm³/mol. The van der Waals surface area contributed by atoms with Crippen LogP contribution in [0.5, 0.6) is 0 Å². The molecular weight excluding hydrogens is 231 g/mol. The molecule has 4 nitrogen and oxygen atoms in total. The molecule has 1 saturated carbocycles. The zero-order valence-corrected chi connectivity index (χ0v) is 10.0. The Hall–Kier alpha value is -2.04. The molecule has 0 bridgehead atoms. The van der Waals surface area contributed by atoms with Gasteiger partial charge in [-0.25, -0.2) is 9.37 Å². The molecule has 1 aliphatic carbocycles. The van der Waals surface area contributed by atoms with Crippen LogP contribution in [0.15, 0.2) is 18.2 Å². The first-order chi connectivity index (χ1) is 8.63. The molecule has 2 aromatic rings. The molecule has 3 rings (SSSR count). The van der Waals surface area contributed by atoms with Crippen LogP contribution in [0.25, 0.3) is 11.4 Å². The monoisotopic (exact) mass is 244 g/mol. The van der Waals surface area contributed by atoms with Gasteiger partial charge < -0.3 is 5.73 Å². The van der Waals surface area contributed by atoms with Crippen molar-refractivity contribution in [1.29, 1.82) is 0 Å². The van der Waals surface area contributed by atoms with Gasteiger partial charge >= 0.3 is 0 Å². The summed E-state index contributed by atoms with van der Waals surface area (Å²) in [7, 11) is 0. The lowest BCUT2D eigenvalue weighted by Crippen LogP contribution is -2.04. The summed E-state index contributed by atoms with van der Waals surface area (Å²) in [6.07, 6.45) is 2.20. The number of benzene rings is 1. The first kappa shape index (κ1) is 11.1. The highest BCUT2D eigenvalue weighted by Gasteiger charge is 2.27. The highest BCUT2D eigenvalue weighted by atomic mass is 19.1. The fourth-order valence-corrected chi connectivity index (χ4v) is 1.93. The van der Waals surface area contributed by atoms with E-state index in [-0.39, 0.29) is 11.8 Å². The number of hydrogen-bond acceptors (Lipinski definition) is 4. The Kier molecular flexibility index (Phi) is 2.47. The Morgan fingerprint density at radius 2 is 2.00 bits per heavy atom. The van der Waals surface area contributed by atoms with E-state index in [9.17, 15) is 4.39 Å². The maximum absolute atomic E-state index is 13.1. The van der Waals surface area contributed by atoms with E-state index in [0.717, 1.165) is 29.8 Å². The van der Waals surface area contributed by atoms with Crippen LogP contribution >= 0.6 is 0 Å². The highest BCUT2D eigenvalue weighted by molar-refractivity contribution is 5.60. The molecule has 92 valence electrons. The fourth-order valence-electron chi connectivity index (χ4n) is 1.93. The van der Waals surface area contributed by atoms with E-state index >= 15 is 0 Å². The number of halogens is 1. The summed E-state index contributed by atoms with van der Waals surface area (Å²) in [6.45, 7) is 1.83. The SMILES string of the molecule is Cc1cc(F)ccc1-c1nc(N)nc(C2CC2)n1. The molecule has 1 heterocycles. The number of aromatic nitrogens is 3. The van der Waals surface area contributed by atoms with Crippen molar-refractivity contribution in [2.75, 3.05) is 5.73 Å². The number of nitrogens with zero attached hydrogens (tertiary/aromatic N) is 3. The second kappa shape index (κ2) is 4.01. The molecule has 0 amide bonds. The van der Waals surface area contributed by atoms with Crippen molar-refractivity contribution < 1.29 is 4.39 Å². The molecule has 0 saturated heterocycles. The van der Waals surface area contributed by atoms with Gasteiger partial charge in [0.1, 0.15) is 11.6 Å². The van der Waals surface area contributed by atoms with Crippen LogP contribution in [-0.4, -0.2) is 15.0 Å². The van der Waals surface area contributed by atoms with Gasteiger partial charge in [-0.3, -0.25) is 0 Å². The summed E-state index contributed by atoms with van der Waals surface area (Å²) in [4.78, 5) is 12.7. The summed E-state index contributed by atoms with van der Waals surface area (Å²) in [5.74, 6) is 1.66. The lowest BCUT2D eigenvalue weighted by molar-refractivity contribution is 0.627. The van der Waals surface area contributed by atoms with Crippen LogP contribution in [0.4, 0.5) is 10.3 Å². The average molecular weight is 244 g/mol. The predicted octanol–water partition coefficient (Wildman–Crippen LogP) is 2.45. The highest BCUT2D eigenvalue weighted by Crippen LogP contribution is 2.38. The summed E-state index contributed by atoms with van der Waals surface area (Å²) in [6, 6.07) is 4.54. The Morgan fingerprint density at radius 1 is 1.22 bits per heavy atom. The second-order valence-electron chi connectivity index (χ2n) is 4.61. The van der Waals surface area contributed by atoms with Crippen LogP contribution in [0, 0.1) is 12.7 Å². The number of rotatable bonds is 2. The Morgan fingerprint density at radius 3 is 2.67 bits per heavy atom. The van der Waals surface area contributed by atoms with Gasteiger partial charge in [0, 0.05) is 11.5 Å². The van der Waals surface area contributed by atoms with Crippen molar-refractivity contribution in [1.82, 2.24) is 15.0 Å². The zero-order valence-electron chi connectivity index (χ0n) is 10.0. The number of hydrogen-bond donors (Lipinski definition) is 1. The molecule has 1 aliphatic rings. The van der Waals surface area contributed by atoms with Crippen molar-refractivity contribution in [2.24, 2.45) is 0 Å². The maximum atomic E-state index is 13.1. The van der Waals surface area contributed by atoms with E-state index in [1.54, 1.807) is 6.07 Å². The lowest BCUT2D eigenvalue weighted by Gasteiger charge is -2.06. The molecule has 0 spiro atoms. The van der Waals surface area contributed by atoms with Crippen LogP contribution in [0.1, 0.15) is 30.1 Å². The van der Waals surface area contributed by atoms with E-state index in [2.05, 4.69) is 15.0 Å². The molecule has 18 heavy (non-hydrogen) atoms. The first-order valence-electron chi connectivity index (χ1n) is 5.91. The van der Waals surface area contributed by atoms with Crippen molar-refractivity contribution >= 4 is 5.95 Å². The Bertz CT molecular complexity index is 608. The molecule has 0 atom stereocenters. The third-order valence-corrected chi connectivity index (χ3v) is 3.04. The Balaban J connectivity index is 2.10. The average Bonchev–Trinajstić information content (AvgIpc) is 3.11. The second-order valence-corrected chi connectivity index (χ2v) is 4.61. The minimum absolute atomic E-state index is 0.227. The summed E-state index contributed by atoms with van der Waals surface area (Å²) < 4.78 is 13.1. The number of aryl methyl sites for hydroxylation is 1. The van der Waals surface area contributed by atoms with Crippen LogP contribution in [-0.2, 0) is 0 Å². The van der Waals surface area contributed by atoms with Gasteiger partial charge in [0.2, 0.25) is 5.95 Å². The van der Waals surface area contributed by atoms with Gasteiger partial charge in [-0.1, -0.05) is 0 Å². The largest absolute Gasteiger partial charge is 0.368 e. The van der Waals surface area contributed by atoms with Crippen LogP contribution < -0.4 is 5.73 Å². The van der Waals surface area contributed by atoms with Gasteiger partial charge in [-0.15, -0.1) is 0 Å². The van der Waals surface area contributed by atoms with Gasteiger partial charge in [0.05, 0.1) is 0 Å². The quantitative estimate of drug-likeness (QED) is 0.881. The maximum Gasteiger partial charge on any atom is 0.223 e. The third-order valence-electron chi connectivity index (χ3n) is 3.04. The third kappa shape index (κ3) is 2.03. The molecule has 1 aromatic carbocycles. The standard InChI is InChI=1S/C13H13FN4/c1-7-6-9(14)4-5-10(7)12-16-11(8-2-3-8)17-13(15)18-12/h4-6,8H,2-3H2,1H3,(H2,15,16,17,18). The van der Waals surface area contributed by atoms with Crippen molar-refractivity contribution in [3.05, 3.63) is 35.4 Å². The lowest BCUT2D eigenvalue weighted by atomic mass is 10.1. The van der Waals surface area contributed by atoms with Gasteiger partial charge in [0.25, 0.3) is 0 Å². The van der Waals surface area contributed by atoms with E-state index in [0.29, 0.717) is 11.7 Å². The number of anilines is 1. The Labute approximate surface area is 104 Å². The van der Waals surface area contributed by atoms with Crippen molar-refractivity contribution in [3.8, 4) is 11.4 Å². The van der Waals surface area contributed by atoms with Crippen LogP contribution in [0.3, 0.4) is 0 Å². The minimum Gasteiger partial charge on any atom is -0.368 e. The first-order valence-corrected chi connectivity index (χ1v) is 5.91. The van der Waals surface area contributed by atoms with E-state index in [4.69, 9.17) is 5.73 Å². The molecule has 0 unspecified atom stereocenters. The molecule has 1 aromatic heterocycles. The number of nitrogen functional groups attached to an aromatic ring is 1. The topological polar surface area (TPSA) is 64.7 Å². The minimum atomic E-state index is -0.263. The molecule has 5 heteroatoms. The zero-order chi connectivity index (χ0) is 12.7. The number of nitrogens with two attached hydrogens (primary N) is 1. The molecule has 2 N–H and O–H groups in total. The van der Waals surface area contributed by atoms with Gasteiger partial charge in [-0.05, 0) is 43.5 Å². The van der Waals surface area contributed by atoms with E-state index < -0.39 is 0 Å². The van der Waals surface area contributed by atoms with Gasteiger partial charge in [-0.2, -0.15) is 9.97 Å². The molecule has 0 aliphatic heterocycles.